The summed E-state index contributed by atoms with van der Waals surface area (Å²) in [5.41, 5.74) is -0.808. The van der Waals surface area contributed by atoms with Crippen molar-refractivity contribution in [2.45, 2.75) is 19.9 Å². The van der Waals surface area contributed by atoms with E-state index >= 15 is 0 Å². The smallest absolute Gasteiger partial charge is 0.325 e. The molecule has 1 aromatic carbocycles. The van der Waals surface area contributed by atoms with Crippen LogP contribution in [0.25, 0.3) is 0 Å². The summed E-state index contributed by atoms with van der Waals surface area (Å²) >= 11 is 0. The molecule has 9 nitrogen and oxygen atoms in total. The molecule has 0 aliphatic carbocycles. The van der Waals surface area contributed by atoms with Crippen LogP contribution in [0.1, 0.15) is 24.2 Å². The van der Waals surface area contributed by atoms with Gasteiger partial charge in [0.25, 0.3) is 11.6 Å². The lowest BCUT2D eigenvalue weighted by Crippen LogP contribution is -2.38. The Bertz CT molecular complexity index is 600. The van der Waals surface area contributed by atoms with Gasteiger partial charge in [0.2, 0.25) is 0 Å². The van der Waals surface area contributed by atoms with Crippen molar-refractivity contribution >= 4 is 17.6 Å². The molecule has 22 heavy (non-hydrogen) atoms. The fraction of sp³-hybridized carbons (Fsp3) is 0.385. The number of aliphatic carboxylic acids is 1. The maximum atomic E-state index is 12.1. The number of hydrogen-bond acceptors (Lipinski definition) is 6. The van der Waals surface area contributed by atoms with Crippen molar-refractivity contribution in [2.75, 3.05) is 13.7 Å². The average Bonchev–Trinajstić information content (AvgIpc) is 2.46. The van der Waals surface area contributed by atoms with E-state index in [2.05, 4.69) is 5.32 Å². The van der Waals surface area contributed by atoms with Crippen LogP contribution in [0.4, 0.5) is 5.69 Å². The summed E-state index contributed by atoms with van der Waals surface area (Å²) in [4.78, 5) is 33.2. The summed E-state index contributed by atoms with van der Waals surface area (Å²) in [6.07, 6.45) is 0. The van der Waals surface area contributed by atoms with Crippen molar-refractivity contribution in [3.63, 3.8) is 0 Å². The Morgan fingerprint density at radius 2 is 2.05 bits per heavy atom. The first kappa shape index (κ1) is 17.2. The molecule has 0 heterocycles. The Labute approximate surface area is 126 Å². The molecule has 0 aliphatic heterocycles. The topological polar surface area (TPSA) is 128 Å². The molecule has 1 unspecified atom stereocenters. The zero-order valence-electron chi connectivity index (χ0n) is 12.3. The fourth-order valence-electron chi connectivity index (χ4n) is 1.65. The normalized spacial score (nSPS) is 11.4. The van der Waals surface area contributed by atoms with Crippen molar-refractivity contribution < 1.29 is 29.1 Å². The quantitative estimate of drug-likeness (QED) is 0.572. The van der Waals surface area contributed by atoms with Crippen molar-refractivity contribution in [1.82, 2.24) is 5.32 Å². The first-order valence-corrected chi connectivity index (χ1v) is 6.34. The number of nitrogens with one attached hydrogen (secondary N) is 1. The third kappa shape index (κ3) is 3.84. The summed E-state index contributed by atoms with van der Waals surface area (Å²) in [5, 5.41) is 22.0. The van der Waals surface area contributed by atoms with Crippen molar-refractivity contribution in [3.8, 4) is 11.5 Å². The zero-order valence-corrected chi connectivity index (χ0v) is 12.3. The van der Waals surface area contributed by atoms with Gasteiger partial charge in [-0.3, -0.25) is 19.7 Å². The number of nitrogens with zero attached hydrogens (tertiary/aromatic N) is 1. The number of carboxylic acids is 1. The molecule has 0 saturated heterocycles. The summed E-state index contributed by atoms with van der Waals surface area (Å²) in [7, 11) is 1.31. The Morgan fingerprint density at radius 3 is 2.50 bits per heavy atom. The van der Waals surface area contributed by atoms with Crippen LogP contribution in [-0.2, 0) is 4.79 Å². The van der Waals surface area contributed by atoms with Crippen LogP contribution in [0.2, 0.25) is 0 Å². The van der Waals surface area contributed by atoms with Gasteiger partial charge >= 0.3 is 5.97 Å². The number of ether oxygens (including phenoxy) is 2. The molecule has 0 bridgehead atoms. The lowest BCUT2D eigenvalue weighted by atomic mass is 10.1. The minimum absolute atomic E-state index is 0.108. The predicted molar refractivity (Wildman–Crippen MR) is 75.4 cm³/mol. The first-order valence-electron chi connectivity index (χ1n) is 6.34. The number of benzene rings is 1. The van der Waals surface area contributed by atoms with Gasteiger partial charge in [-0.25, -0.2) is 0 Å². The largest absolute Gasteiger partial charge is 0.493 e. The van der Waals surface area contributed by atoms with Crippen molar-refractivity contribution in [2.24, 2.45) is 0 Å². The van der Waals surface area contributed by atoms with Crippen LogP contribution in [0.5, 0.6) is 11.5 Å². The zero-order chi connectivity index (χ0) is 16.9. The van der Waals surface area contributed by atoms with Crippen LogP contribution in [0, 0.1) is 10.1 Å². The third-order valence-electron chi connectivity index (χ3n) is 2.74. The number of carbonyl (C=O) groups is 2. The molecule has 1 aromatic rings. The molecular weight excluding hydrogens is 296 g/mol. The lowest BCUT2D eigenvalue weighted by Gasteiger charge is -2.13. The number of amides is 1. The third-order valence-corrected chi connectivity index (χ3v) is 2.74. The molecule has 0 fully saturated rings. The van der Waals surface area contributed by atoms with Gasteiger partial charge in [0, 0.05) is 6.07 Å². The van der Waals surface area contributed by atoms with Gasteiger partial charge in [-0.05, 0) is 13.8 Å². The molecule has 0 saturated carbocycles. The maximum absolute atomic E-state index is 12.1. The second-order valence-corrected chi connectivity index (χ2v) is 4.24. The van der Waals surface area contributed by atoms with E-state index in [4.69, 9.17) is 14.6 Å². The Balaban J connectivity index is 3.30. The van der Waals surface area contributed by atoms with Crippen LogP contribution >= 0.6 is 0 Å². The van der Waals surface area contributed by atoms with Crippen molar-refractivity contribution in [1.29, 1.82) is 0 Å². The van der Waals surface area contributed by atoms with E-state index in [9.17, 15) is 19.7 Å². The number of carboxylic acid groups (broad SMARTS) is 1. The first-order chi connectivity index (χ1) is 10.3. The number of carbonyl (C=O) groups excluding carboxylic acids is 1. The van der Waals surface area contributed by atoms with E-state index in [0.29, 0.717) is 0 Å². The monoisotopic (exact) mass is 312 g/mol. The molecule has 0 radical (unpaired) electrons. The summed E-state index contributed by atoms with van der Waals surface area (Å²) in [6, 6.07) is 1.03. The molecule has 9 heteroatoms. The number of rotatable bonds is 7. The average molecular weight is 312 g/mol. The second kappa shape index (κ2) is 7.25. The summed E-state index contributed by atoms with van der Waals surface area (Å²) in [5.74, 6) is -1.88. The Hall–Kier alpha value is -2.84. The molecule has 0 spiro atoms. The van der Waals surface area contributed by atoms with Gasteiger partial charge in [0.1, 0.15) is 11.6 Å². The molecule has 0 aromatic heterocycles. The molecule has 1 amide bonds. The second-order valence-electron chi connectivity index (χ2n) is 4.24. The van der Waals surface area contributed by atoms with Crippen LogP contribution in [-0.4, -0.2) is 41.7 Å². The summed E-state index contributed by atoms with van der Waals surface area (Å²) in [6.45, 7) is 3.22. The van der Waals surface area contributed by atoms with Gasteiger partial charge < -0.3 is 19.9 Å². The minimum Gasteiger partial charge on any atom is -0.493 e. The van der Waals surface area contributed by atoms with Crippen molar-refractivity contribution in [3.05, 3.63) is 27.8 Å². The highest BCUT2D eigenvalue weighted by Gasteiger charge is 2.26. The molecule has 0 aliphatic rings. The van der Waals surface area contributed by atoms with E-state index in [1.165, 1.54) is 14.0 Å². The molecule has 1 rings (SSSR count). The van der Waals surface area contributed by atoms with Gasteiger partial charge in [-0.2, -0.15) is 0 Å². The number of nitro benzene ring substituents is 1. The highest BCUT2D eigenvalue weighted by atomic mass is 16.6. The number of methoxy groups -OCH3 is 1. The Morgan fingerprint density at radius 1 is 1.41 bits per heavy atom. The molecule has 1 atom stereocenters. The highest BCUT2D eigenvalue weighted by molar-refractivity contribution is 6.00. The van der Waals surface area contributed by atoms with Crippen LogP contribution in [0.3, 0.4) is 0 Å². The SMILES string of the molecule is CCOc1cc(C(=O)NC(C)C(=O)O)c([N+](=O)[O-])cc1OC. The summed E-state index contributed by atoms with van der Waals surface area (Å²) < 4.78 is 10.2. The van der Waals surface area contributed by atoms with Crippen LogP contribution < -0.4 is 14.8 Å². The molecule has 120 valence electrons. The Kier molecular flexibility index (Phi) is 5.67. The van der Waals surface area contributed by atoms with Gasteiger partial charge in [-0.1, -0.05) is 0 Å². The fourth-order valence-corrected chi connectivity index (χ4v) is 1.65. The highest BCUT2D eigenvalue weighted by Crippen LogP contribution is 2.34. The predicted octanol–water partition coefficient (Wildman–Crippen LogP) is 1.21. The standard InChI is InChI=1S/C13H16N2O7/c1-4-22-11-5-8(12(16)14-7(2)13(17)18)9(15(19)20)6-10(11)21-3/h5-7H,4H2,1-3H3,(H,14,16)(H,17,18). The van der Waals surface area contributed by atoms with E-state index in [1.807, 2.05) is 0 Å². The van der Waals surface area contributed by atoms with Crippen LogP contribution in [0.15, 0.2) is 12.1 Å². The van der Waals surface area contributed by atoms with E-state index in [-0.39, 0.29) is 23.7 Å². The minimum atomic E-state index is -1.26. The van der Waals surface area contributed by atoms with E-state index in [1.54, 1.807) is 6.92 Å². The van der Waals surface area contributed by atoms with E-state index < -0.39 is 28.5 Å². The lowest BCUT2D eigenvalue weighted by molar-refractivity contribution is -0.385. The molecular formula is C13H16N2O7. The number of hydrogen-bond donors (Lipinski definition) is 2. The molecule has 2 N–H and O–H groups in total. The number of nitro groups is 1. The van der Waals surface area contributed by atoms with E-state index in [0.717, 1.165) is 12.1 Å². The van der Waals surface area contributed by atoms with Gasteiger partial charge in [-0.15, -0.1) is 0 Å². The van der Waals surface area contributed by atoms with Gasteiger partial charge in [0.05, 0.1) is 24.7 Å². The van der Waals surface area contributed by atoms with Gasteiger partial charge in [0.15, 0.2) is 11.5 Å². The maximum Gasteiger partial charge on any atom is 0.325 e.